The molecule has 1 saturated heterocycles. The molecule has 0 aliphatic carbocycles. The van der Waals surface area contributed by atoms with Gasteiger partial charge >= 0.3 is 0 Å². The molecule has 172 valence electrons. The van der Waals surface area contributed by atoms with Crippen molar-refractivity contribution in [3.05, 3.63) is 48.0 Å². The molecule has 0 radical (unpaired) electrons. The van der Waals surface area contributed by atoms with Crippen LogP contribution in [0.15, 0.2) is 47.4 Å². The number of hydrogen-bond donors (Lipinski definition) is 1. The number of sulfonamides is 1. The number of anilines is 1. The molecule has 2 aromatic carbocycles. The number of rotatable bonds is 8. The van der Waals surface area contributed by atoms with Crippen molar-refractivity contribution in [3.8, 4) is 17.2 Å². The number of nitrogens with zero attached hydrogens (tertiary/aromatic N) is 1. The van der Waals surface area contributed by atoms with E-state index in [-0.39, 0.29) is 10.8 Å². The van der Waals surface area contributed by atoms with E-state index in [0.29, 0.717) is 54.8 Å². The number of hydrogen-bond acceptors (Lipinski definition) is 7. The number of carbonyl (C=O) groups is 1. The van der Waals surface area contributed by atoms with Gasteiger partial charge in [-0.2, -0.15) is 4.31 Å². The lowest BCUT2D eigenvalue weighted by atomic mass is 10.1. The van der Waals surface area contributed by atoms with Crippen molar-refractivity contribution in [3.63, 3.8) is 0 Å². The molecule has 1 fully saturated rings. The summed E-state index contributed by atoms with van der Waals surface area (Å²) in [5, 5.41) is 2.71. The van der Waals surface area contributed by atoms with Gasteiger partial charge in [-0.25, -0.2) is 8.42 Å². The molecular formula is C22H26N2O7S. The number of ether oxygens (including phenoxy) is 4. The molecule has 2 aromatic rings. The number of benzene rings is 2. The quantitative estimate of drug-likeness (QED) is 0.601. The molecular weight excluding hydrogens is 436 g/mol. The third-order valence-electron chi connectivity index (χ3n) is 4.84. The van der Waals surface area contributed by atoms with Gasteiger partial charge in [-0.1, -0.05) is 0 Å². The smallest absolute Gasteiger partial charge is 0.248 e. The van der Waals surface area contributed by atoms with Crippen molar-refractivity contribution in [1.29, 1.82) is 0 Å². The highest BCUT2D eigenvalue weighted by Crippen LogP contribution is 2.38. The van der Waals surface area contributed by atoms with Crippen LogP contribution < -0.4 is 19.5 Å². The van der Waals surface area contributed by atoms with E-state index >= 15 is 0 Å². The zero-order valence-corrected chi connectivity index (χ0v) is 19.0. The van der Waals surface area contributed by atoms with E-state index in [9.17, 15) is 13.2 Å². The Morgan fingerprint density at radius 2 is 1.59 bits per heavy atom. The zero-order chi connectivity index (χ0) is 23.1. The molecule has 0 unspecified atom stereocenters. The number of methoxy groups -OCH3 is 3. The van der Waals surface area contributed by atoms with Gasteiger partial charge in [-0.15, -0.1) is 0 Å². The zero-order valence-electron chi connectivity index (χ0n) is 18.2. The number of amides is 1. The van der Waals surface area contributed by atoms with Gasteiger partial charge < -0.3 is 24.3 Å². The summed E-state index contributed by atoms with van der Waals surface area (Å²) in [6.45, 7) is 1.41. The summed E-state index contributed by atoms with van der Waals surface area (Å²) in [5.41, 5.74) is 1.16. The lowest BCUT2D eigenvalue weighted by molar-refractivity contribution is -0.111. The summed E-state index contributed by atoms with van der Waals surface area (Å²) in [6.07, 6.45) is 2.97. The Morgan fingerprint density at radius 3 is 2.12 bits per heavy atom. The number of carbonyl (C=O) groups excluding carboxylic acids is 1. The first-order chi connectivity index (χ1) is 15.4. The van der Waals surface area contributed by atoms with E-state index in [1.165, 1.54) is 43.8 Å². The van der Waals surface area contributed by atoms with E-state index in [4.69, 9.17) is 18.9 Å². The minimum absolute atomic E-state index is 0.172. The predicted molar refractivity (Wildman–Crippen MR) is 120 cm³/mol. The highest BCUT2D eigenvalue weighted by Gasteiger charge is 2.26. The Kier molecular flexibility index (Phi) is 7.73. The summed E-state index contributed by atoms with van der Waals surface area (Å²) in [7, 11) is 0.963. The summed E-state index contributed by atoms with van der Waals surface area (Å²) >= 11 is 0. The predicted octanol–water partition coefficient (Wildman–Crippen LogP) is 2.39. The van der Waals surface area contributed by atoms with Crippen LogP contribution in [0.25, 0.3) is 6.08 Å². The molecule has 9 nitrogen and oxygen atoms in total. The highest BCUT2D eigenvalue weighted by atomic mass is 32.2. The molecule has 1 amide bonds. The second-order valence-electron chi connectivity index (χ2n) is 6.82. The average molecular weight is 463 g/mol. The molecule has 0 spiro atoms. The van der Waals surface area contributed by atoms with Crippen LogP contribution in [-0.4, -0.2) is 66.3 Å². The summed E-state index contributed by atoms with van der Waals surface area (Å²) in [5.74, 6) is 1.04. The molecule has 1 aliphatic rings. The van der Waals surface area contributed by atoms with Crippen LogP contribution in [0.2, 0.25) is 0 Å². The molecule has 0 saturated carbocycles. The Hall–Kier alpha value is -3.08. The maximum Gasteiger partial charge on any atom is 0.248 e. The lowest BCUT2D eigenvalue weighted by Gasteiger charge is -2.26. The fourth-order valence-electron chi connectivity index (χ4n) is 3.20. The monoisotopic (exact) mass is 462 g/mol. The van der Waals surface area contributed by atoms with Gasteiger partial charge in [0.2, 0.25) is 21.7 Å². The molecule has 0 bridgehead atoms. The third kappa shape index (κ3) is 5.39. The Morgan fingerprint density at radius 1 is 1.00 bits per heavy atom. The minimum Gasteiger partial charge on any atom is -0.493 e. The van der Waals surface area contributed by atoms with Crippen molar-refractivity contribution < 1.29 is 32.2 Å². The van der Waals surface area contributed by atoms with E-state index in [2.05, 4.69) is 5.32 Å². The van der Waals surface area contributed by atoms with Crippen LogP contribution in [0, 0.1) is 0 Å². The molecule has 0 aromatic heterocycles. The van der Waals surface area contributed by atoms with Crippen molar-refractivity contribution in [2.24, 2.45) is 0 Å². The van der Waals surface area contributed by atoms with Gasteiger partial charge in [-0.3, -0.25) is 4.79 Å². The molecule has 32 heavy (non-hydrogen) atoms. The normalized spacial score (nSPS) is 14.8. The molecule has 1 N–H and O–H groups in total. The maximum absolute atomic E-state index is 12.7. The van der Waals surface area contributed by atoms with E-state index in [1.807, 2.05) is 0 Å². The van der Waals surface area contributed by atoms with Crippen molar-refractivity contribution in [1.82, 2.24) is 4.31 Å². The standard InChI is InChI=1S/C22H26N2O7S/c1-28-19-14-16(15-20(29-2)22(19)30-3)4-9-21(25)23-17-5-7-18(8-6-17)32(26,27)24-10-12-31-13-11-24/h4-9,14-15H,10-13H2,1-3H3,(H,23,25)/b9-4-. The molecule has 1 aliphatic heterocycles. The van der Waals surface area contributed by atoms with Crippen molar-refractivity contribution in [2.45, 2.75) is 4.90 Å². The first-order valence-corrected chi connectivity index (χ1v) is 11.3. The second-order valence-corrected chi connectivity index (χ2v) is 8.76. The number of nitrogens with one attached hydrogen (secondary N) is 1. The van der Waals surface area contributed by atoms with Gasteiger partial charge in [0.25, 0.3) is 0 Å². The Bertz CT molecular complexity index is 1050. The van der Waals surface area contributed by atoms with Gasteiger partial charge in [0.05, 0.1) is 39.4 Å². The first kappa shape index (κ1) is 23.6. The summed E-state index contributed by atoms with van der Waals surface area (Å²) in [4.78, 5) is 12.5. The molecule has 0 atom stereocenters. The van der Waals surface area contributed by atoms with Gasteiger partial charge in [0.1, 0.15) is 0 Å². The molecule has 10 heteroatoms. The third-order valence-corrected chi connectivity index (χ3v) is 6.76. The summed E-state index contributed by atoms with van der Waals surface area (Å²) < 4.78 is 47.8. The van der Waals surface area contributed by atoms with Gasteiger partial charge in [0.15, 0.2) is 11.5 Å². The van der Waals surface area contributed by atoms with E-state index in [0.717, 1.165) is 0 Å². The second kappa shape index (κ2) is 10.5. The van der Waals surface area contributed by atoms with Gasteiger partial charge in [0, 0.05) is 24.9 Å². The van der Waals surface area contributed by atoms with Crippen LogP contribution >= 0.6 is 0 Å². The minimum atomic E-state index is -3.58. The molecule has 1 heterocycles. The first-order valence-electron chi connectivity index (χ1n) is 9.86. The van der Waals surface area contributed by atoms with Crippen LogP contribution in [0.4, 0.5) is 5.69 Å². The van der Waals surface area contributed by atoms with E-state index in [1.54, 1.807) is 30.3 Å². The lowest BCUT2D eigenvalue weighted by Crippen LogP contribution is -2.40. The van der Waals surface area contributed by atoms with Gasteiger partial charge in [-0.05, 0) is 48.0 Å². The Balaban J connectivity index is 1.68. The molecule has 3 rings (SSSR count). The maximum atomic E-state index is 12.7. The SMILES string of the molecule is COc1cc(/C=C\C(=O)Nc2ccc(S(=O)(=O)N3CCOCC3)cc2)cc(OC)c1OC. The largest absolute Gasteiger partial charge is 0.493 e. The topological polar surface area (TPSA) is 103 Å². The van der Waals surface area contributed by atoms with Crippen LogP contribution in [0.5, 0.6) is 17.2 Å². The highest BCUT2D eigenvalue weighted by molar-refractivity contribution is 7.89. The van der Waals surface area contributed by atoms with Crippen molar-refractivity contribution in [2.75, 3.05) is 52.9 Å². The average Bonchev–Trinajstić information content (AvgIpc) is 2.82. The van der Waals surface area contributed by atoms with E-state index < -0.39 is 10.0 Å². The van der Waals surface area contributed by atoms with Crippen LogP contribution in [0.3, 0.4) is 0 Å². The fourth-order valence-corrected chi connectivity index (χ4v) is 4.61. The van der Waals surface area contributed by atoms with Crippen LogP contribution in [0.1, 0.15) is 5.56 Å². The fraction of sp³-hybridized carbons (Fsp3) is 0.318. The van der Waals surface area contributed by atoms with Crippen molar-refractivity contribution >= 4 is 27.7 Å². The Labute approximate surface area is 187 Å². The van der Waals surface area contributed by atoms with Crippen LogP contribution in [-0.2, 0) is 19.6 Å². The number of morpholine rings is 1. The summed E-state index contributed by atoms with van der Waals surface area (Å²) in [6, 6.07) is 9.50.